The van der Waals surface area contributed by atoms with E-state index in [-0.39, 0.29) is 5.56 Å². The number of nitrogens with zero attached hydrogens (tertiary/aromatic N) is 1. The van der Waals surface area contributed by atoms with Gasteiger partial charge in [-0.2, -0.15) is 0 Å². The summed E-state index contributed by atoms with van der Waals surface area (Å²) in [7, 11) is 0. The monoisotopic (exact) mass is 288 g/mol. The van der Waals surface area contributed by atoms with Crippen molar-refractivity contribution >= 4 is 5.69 Å². The summed E-state index contributed by atoms with van der Waals surface area (Å²) in [6.45, 7) is 10.1. The van der Waals surface area contributed by atoms with E-state index < -0.39 is 0 Å². The van der Waals surface area contributed by atoms with Crippen molar-refractivity contribution in [3.05, 3.63) is 28.7 Å². The highest BCUT2D eigenvalue weighted by Crippen LogP contribution is 2.63. The first-order chi connectivity index (χ1) is 9.87. The highest BCUT2D eigenvalue weighted by atomic mass is 16.1. The molecule has 0 spiro atoms. The third-order valence-corrected chi connectivity index (χ3v) is 6.03. The summed E-state index contributed by atoms with van der Waals surface area (Å²) in [5.74, 6) is 0.835. The van der Waals surface area contributed by atoms with Gasteiger partial charge in [-0.3, -0.25) is 4.79 Å². The zero-order valence-corrected chi connectivity index (χ0v) is 13.8. The van der Waals surface area contributed by atoms with E-state index in [0.717, 1.165) is 24.6 Å². The lowest BCUT2D eigenvalue weighted by Gasteiger charge is -2.43. The molecule has 3 unspecified atom stereocenters. The average Bonchev–Trinajstić information content (AvgIpc) is 2.90. The highest BCUT2D eigenvalue weighted by Gasteiger charge is 2.59. The topological polar surface area (TPSA) is 34.0 Å². The predicted octanol–water partition coefficient (Wildman–Crippen LogP) is 3.89. The molecule has 21 heavy (non-hydrogen) atoms. The molecular weight excluding hydrogens is 260 g/mol. The summed E-state index contributed by atoms with van der Waals surface area (Å²) < 4.78 is 1.82. The average molecular weight is 288 g/mol. The van der Waals surface area contributed by atoms with Gasteiger partial charge in [0.05, 0.1) is 5.69 Å². The Labute approximate surface area is 127 Å². The fourth-order valence-electron chi connectivity index (χ4n) is 4.86. The molecule has 1 aromatic heterocycles. The second-order valence-corrected chi connectivity index (χ2v) is 7.94. The van der Waals surface area contributed by atoms with Crippen LogP contribution in [-0.2, 0) is 6.54 Å². The standard InChI is InChI=1S/C18H28N2O/c1-5-10-20-12-14(6-7-15(20)21)19-16-17(2,3)13-8-9-18(16,4)11-13/h6-7,12-13,16,19H,5,8-11H2,1-4H3. The molecule has 1 N–H and O–H groups in total. The minimum absolute atomic E-state index is 0.0980. The van der Waals surface area contributed by atoms with E-state index in [0.29, 0.717) is 16.9 Å². The number of aromatic nitrogens is 1. The number of aryl methyl sites for hydroxylation is 1. The molecule has 2 aliphatic carbocycles. The first kappa shape index (κ1) is 14.7. The molecule has 0 amide bonds. The second kappa shape index (κ2) is 4.89. The molecule has 3 nitrogen and oxygen atoms in total. The number of rotatable bonds is 4. The molecule has 3 heteroatoms. The van der Waals surface area contributed by atoms with Crippen molar-refractivity contribution in [1.82, 2.24) is 4.57 Å². The normalized spacial score (nSPS) is 33.3. The van der Waals surface area contributed by atoms with Crippen LogP contribution >= 0.6 is 0 Å². The Bertz CT molecular complexity index is 584. The van der Waals surface area contributed by atoms with Gasteiger partial charge in [0, 0.05) is 24.8 Å². The van der Waals surface area contributed by atoms with Gasteiger partial charge < -0.3 is 9.88 Å². The van der Waals surface area contributed by atoms with E-state index >= 15 is 0 Å². The van der Waals surface area contributed by atoms with Crippen molar-refractivity contribution < 1.29 is 0 Å². The van der Waals surface area contributed by atoms with Gasteiger partial charge in [-0.05, 0) is 48.5 Å². The molecule has 0 saturated heterocycles. The molecule has 2 fully saturated rings. The van der Waals surface area contributed by atoms with E-state index in [4.69, 9.17) is 0 Å². The van der Waals surface area contributed by atoms with Crippen LogP contribution in [0.3, 0.4) is 0 Å². The van der Waals surface area contributed by atoms with Gasteiger partial charge in [-0.25, -0.2) is 0 Å². The summed E-state index contributed by atoms with van der Waals surface area (Å²) in [4.78, 5) is 11.9. The number of anilines is 1. The second-order valence-electron chi connectivity index (χ2n) is 7.94. The SMILES string of the molecule is CCCn1cc(NC2C3(C)CCC(C3)C2(C)C)ccc1=O. The molecule has 2 aliphatic rings. The van der Waals surface area contributed by atoms with Gasteiger partial charge in [0.1, 0.15) is 0 Å². The minimum Gasteiger partial charge on any atom is -0.380 e. The van der Waals surface area contributed by atoms with Gasteiger partial charge in [0.15, 0.2) is 0 Å². The van der Waals surface area contributed by atoms with E-state index in [1.807, 2.05) is 16.8 Å². The number of nitrogens with one attached hydrogen (secondary N) is 1. The smallest absolute Gasteiger partial charge is 0.250 e. The lowest BCUT2D eigenvalue weighted by molar-refractivity contribution is 0.155. The van der Waals surface area contributed by atoms with Crippen molar-refractivity contribution in [3.63, 3.8) is 0 Å². The Hall–Kier alpha value is -1.25. The maximum Gasteiger partial charge on any atom is 0.250 e. The van der Waals surface area contributed by atoms with E-state index in [1.165, 1.54) is 19.3 Å². The molecular formula is C18H28N2O. The van der Waals surface area contributed by atoms with Crippen molar-refractivity contribution in [3.8, 4) is 0 Å². The van der Waals surface area contributed by atoms with Gasteiger partial charge in [-0.1, -0.05) is 27.7 Å². The lowest BCUT2D eigenvalue weighted by Crippen LogP contribution is -2.45. The van der Waals surface area contributed by atoms with Crippen LogP contribution in [0.2, 0.25) is 0 Å². The van der Waals surface area contributed by atoms with E-state index in [9.17, 15) is 4.79 Å². The minimum atomic E-state index is 0.0980. The summed E-state index contributed by atoms with van der Waals surface area (Å²) in [5, 5.41) is 3.77. The summed E-state index contributed by atoms with van der Waals surface area (Å²) in [6, 6.07) is 4.14. The molecule has 2 saturated carbocycles. The third-order valence-electron chi connectivity index (χ3n) is 6.03. The number of hydrogen-bond acceptors (Lipinski definition) is 2. The van der Waals surface area contributed by atoms with Crippen LogP contribution in [0.4, 0.5) is 5.69 Å². The third kappa shape index (κ3) is 2.31. The van der Waals surface area contributed by atoms with Crippen LogP contribution < -0.4 is 10.9 Å². The van der Waals surface area contributed by atoms with Crippen molar-refractivity contribution in [2.75, 3.05) is 5.32 Å². The van der Waals surface area contributed by atoms with Crippen LogP contribution in [0.1, 0.15) is 53.4 Å². The summed E-state index contributed by atoms with van der Waals surface area (Å²) in [6.07, 6.45) is 7.02. The number of pyridine rings is 1. The molecule has 0 aliphatic heterocycles. The van der Waals surface area contributed by atoms with Crippen LogP contribution in [0.25, 0.3) is 0 Å². The fraction of sp³-hybridized carbons (Fsp3) is 0.722. The van der Waals surface area contributed by atoms with Crippen LogP contribution in [-0.4, -0.2) is 10.6 Å². The Morgan fingerprint density at radius 3 is 2.71 bits per heavy atom. The van der Waals surface area contributed by atoms with E-state index in [1.54, 1.807) is 6.07 Å². The van der Waals surface area contributed by atoms with Crippen molar-refractivity contribution in [2.24, 2.45) is 16.7 Å². The molecule has 3 atom stereocenters. The summed E-state index contributed by atoms with van der Waals surface area (Å²) >= 11 is 0. The number of hydrogen-bond donors (Lipinski definition) is 1. The Kier molecular flexibility index (Phi) is 3.42. The summed E-state index contributed by atoms with van der Waals surface area (Å²) in [5.41, 5.74) is 1.93. The maximum atomic E-state index is 11.9. The van der Waals surface area contributed by atoms with Crippen LogP contribution in [0.15, 0.2) is 23.1 Å². The predicted molar refractivity (Wildman–Crippen MR) is 87.6 cm³/mol. The molecule has 0 radical (unpaired) electrons. The van der Waals surface area contributed by atoms with Gasteiger partial charge in [0.25, 0.3) is 5.56 Å². The zero-order chi connectivity index (χ0) is 15.3. The first-order valence-electron chi connectivity index (χ1n) is 8.34. The quantitative estimate of drug-likeness (QED) is 0.912. The largest absolute Gasteiger partial charge is 0.380 e. The van der Waals surface area contributed by atoms with Gasteiger partial charge in [-0.15, -0.1) is 0 Å². The lowest BCUT2D eigenvalue weighted by atomic mass is 9.68. The highest BCUT2D eigenvalue weighted by molar-refractivity contribution is 5.43. The Morgan fingerprint density at radius 1 is 1.33 bits per heavy atom. The van der Waals surface area contributed by atoms with Crippen LogP contribution in [0, 0.1) is 16.7 Å². The molecule has 3 rings (SSSR count). The molecule has 1 aromatic rings. The zero-order valence-electron chi connectivity index (χ0n) is 13.8. The molecule has 1 heterocycles. The number of fused-ring (bicyclic) bond motifs is 2. The molecule has 0 aromatic carbocycles. The van der Waals surface area contributed by atoms with Crippen LogP contribution in [0.5, 0.6) is 0 Å². The first-order valence-corrected chi connectivity index (χ1v) is 8.34. The Balaban J connectivity index is 1.87. The molecule has 116 valence electrons. The van der Waals surface area contributed by atoms with Gasteiger partial charge >= 0.3 is 0 Å². The van der Waals surface area contributed by atoms with Crippen molar-refractivity contribution in [1.29, 1.82) is 0 Å². The van der Waals surface area contributed by atoms with E-state index in [2.05, 4.69) is 33.0 Å². The Morgan fingerprint density at radius 2 is 2.10 bits per heavy atom. The van der Waals surface area contributed by atoms with Crippen molar-refractivity contribution in [2.45, 2.75) is 66.0 Å². The molecule has 2 bridgehead atoms. The van der Waals surface area contributed by atoms with Gasteiger partial charge in [0.2, 0.25) is 0 Å². The maximum absolute atomic E-state index is 11.9. The fourth-order valence-corrected chi connectivity index (χ4v) is 4.86.